The van der Waals surface area contributed by atoms with Crippen LogP contribution in [0.2, 0.25) is 0 Å². The van der Waals surface area contributed by atoms with Crippen LogP contribution in [0.4, 0.5) is 0 Å². The first-order chi connectivity index (χ1) is 8.58. The molecule has 1 heterocycles. The molecule has 1 aromatic rings. The molecule has 0 bridgehead atoms. The number of aliphatic carboxylic acids is 1. The van der Waals surface area contributed by atoms with E-state index in [4.69, 9.17) is 5.11 Å². The molecule has 1 aliphatic rings. The highest BCUT2D eigenvalue weighted by molar-refractivity contribution is 9.10. The van der Waals surface area contributed by atoms with E-state index in [2.05, 4.69) is 21.2 Å². The van der Waals surface area contributed by atoms with E-state index in [1.54, 1.807) is 0 Å². The minimum atomic E-state index is -0.758. The van der Waals surface area contributed by atoms with E-state index in [1.807, 2.05) is 11.4 Å². The molecule has 1 aromatic heterocycles. The standard InChI is InChI=1S/C12H14BrNO3S/c13-9-4-5-18-10(9)11(15)14-8-3-1-2-7(6-8)12(16)17/h4-5,7-8H,1-3,6H2,(H,14,15)(H,16,17). The predicted molar refractivity (Wildman–Crippen MR) is 72.9 cm³/mol. The molecule has 2 N–H and O–H groups in total. The Bertz CT molecular complexity index is 460. The van der Waals surface area contributed by atoms with Crippen LogP contribution in [0.1, 0.15) is 35.4 Å². The van der Waals surface area contributed by atoms with Gasteiger partial charge in [-0.1, -0.05) is 6.42 Å². The normalized spacial score (nSPS) is 23.6. The minimum Gasteiger partial charge on any atom is -0.481 e. The van der Waals surface area contributed by atoms with Crippen molar-refractivity contribution in [3.63, 3.8) is 0 Å². The van der Waals surface area contributed by atoms with Crippen molar-refractivity contribution in [3.8, 4) is 0 Å². The molecule has 1 amide bonds. The van der Waals surface area contributed by atoms with Gasteiger partial charge in [0.05, 0.1) is 5.92 Å². The maximum absolute atomic E-state index is 12.0. The quantitative estimate of drug-likeness (QED) is 0.894. The van der Waals surface area contributed by atoms with E-state index in [0.717, 1.165) is 17.3 Å². The Labute approximate surface area is 118 Å². The third-order valence-electron chi connectivity index (χ3n) is 3.18. The number of rotatable bonds is 3. The highest BCUT2D eigenvalue weighted by Gasteiger charge is 2.28. The van der Waals surface area contributed by atoms with E-state index in [9.17, 15) is 9.59 Å². The summed E-state index contributed by atoms with van der Waals surface area (Å²) in [5, 5.41) is 13.8. The number of carboxylic acid groups (broad SMARTS) is 1. The average molecular weight is 332 g/mol. The van der Waals surface area contributed by atoms with Gasteiger partial charge in [-0.3, -0.25) is 9.59 Å². The van der Waals surface area contributed by atoms with Gasteiger partial charge >= 0.3 is 5.97 Å². The average Bonchev–Trinajstić information content (AvgIpc) is 2.76. The summed E-state index contributed by atoms with van der Waals surface area (Å²) in [5.74, 6) is -1.20. The van der Waals surface area contributed by atoms with Gasteiger partial charge in [0, 0.05) is 10.5 Å². The monoisotopic (exact) mass is 331 g/mol. The molecule has 4 nitrogen and oxygen atoms in total. The largest absolute Gasteiger partial charge is 0.481 e. The lowest BCUT2D eigenvalue weighted by Crippen LogP contribution is -2.39. The summed E-state index contributed by atoms with van der Waals surface area (Å²) in [7, 11) is 0. The Balaban J connectivity index is 1.95. The van der Waals surface area contributed by atoms with Crippen LogP contribution in [0.3, 0.4) is 0 Å². The zero-order chi connectivity index (χ0) is 13.1. The molecule has 18 heavy (non-hydrogen) atoms. The fourth-order valence-corrected chi connectivity index (χ4v) is 3.71. The first-order valence-electron chi connectivity index (χ1n) is 5.84. The Hall–Kier alpha value is -0.880. The molecular formula is C12H14BrNO3S. The third-order valence-corrected chi connectivity index (χ3v) is 5.02. The minimum absolute atomic E-state index is 0.0265. The summed E-state index contributed by atoms with van der Waals surface area (Å²) < 4.78 is 0.788. The smallest absolute Gasteiger partial charge is 0.306 e. The summed E-state index contributed by atoms with van der Waals surface area (Å²) in [6.45, 7) is 0. The lowest BCUT2D eigenvalue weighted by atomic mass is 9.86. The van der Waals surface area contributed by atoms with Gasteiger partial charge in [-0.25, -0.2) is 0 Å². The van der Waals surface area contributed by atoms with Crippen molar-refractivity contribution in [1.29, 1.82) is 0 Å². The van der Waals surface area contributed by atoms with Gasteiger partial charge in [0.25, 0.3) is 5.91 Å². The van der Waals surface area contributed by atoms with Crippen molar-refractivity contribution in [2.75, 3.05) is 0 Å². The van der Waals surface area contributed by atoms with Gasteiger partial charge in [0.1, 0.15) is 4.88 Å². The molecule has 1 saturated carbocycles. The molecular weight excluding hydrogens is 318 g/mol. The Morgan fingerprint density at radius 3 is 2.83 bits per heavy atom. The number of amides is 1. The second kappa shape index (κ2) is 5.84. The number of halogens is 1. The molecule has 0 aromatic carbocycles. The zero-order valence-electron chi connectivity index (χ0n) is 9.69. The Morgan fingerprint density at radius 1 is 1.44 bits per heavy atom. The molecule has 98 valence electrons. The molecule has 2 atom stereocenters. The maximum atomic E-state index is 12.0. The van der Waals surface area contributed by atoms with Crippen molar-refractivity contribution in [1.82, 2.24) is 5.32 Å². The number of carboxylic acids is 1. The fraction of sp³-hybridized carbons (Fsp3) is 0.500. The first kappa shape index (κ1) is 13.5. The summed E-state index contributed by atoms with van der Waals surface area (Å²) >= 11 is 4.70. The van der Waals surface area contributed by atoms with Crippen LogP contribution >= 0.6 is 27.3 Å². The van der Waals surface area contributed by atoms with Crippen molar-refractivity contribution in [3.05, 3.63) is 20.8 Å². The summed E-state index contributed by atoms with van der Waals surface area (Å²) in [6, 6.07) is 1.81. The molecule has 0 saturated heterocycles. The molecule has 6 heteroatoms. The summed E-state index contributed by atoms with van der Waals surface area (Å²) in [6.07, 6.45) is 2.96. The predicted octanol–water partition coefficient (Wildman–Crippen LogP) is 2.88. The molecule has 2 unspecified atom stereocenters. The van der Waals surface area contributed by atoms with Crippen LogP contribution in [0.25, 0.3) is 0 Å². The van der Waals surface area contributed by atoms with Crippen LogP contribution in [0.15, 0.2) is 15.9 Å². The summed E-state index contributed by atoms with van der Waals surface area (Å²) in [5.41, 5.74) is 0. The maximum Gasteiger partial charge on any atom is 0.306 e. The molecule has 1 fully saturated rings. The van der Waals surface area contributed by atoms with E-state index in [-0.39, 0.29) is 17.9 Å². The third kappa shape index (κ3) is 3.11. The van der Waals surface area contributed by atoms with Gasteiger partial charge < -0.3 is 10.4 Å². The number of hydrogen-bond acceptors (Lipinski definition) is 3. The second-order valence-corrected chi connectivity index (χ2v) is 6.24. The van der Waals surface area contributed by atoms with Crippen molar-refractivity contribution >= 4 is 39.1 Å². The summed E-state index contributed by atoms with van der Waals surface area (Å²) in [4.78, 5) is 23.6. The van der Waals surface area contributed by atoms with Gasteiger partial charge in [-0.05, 0) is 46.6 Å². The van der Waals surface area contributed by atoms with E-state index >= 15 is 0 Å². The lowest BCUT2D eigenvalue weighted by Gasteiger charge is -2.27. The van der Waals surface area contributed by atoms with Crippen molar-refractivity contribution in [2.45, 2.75) is 31.7 Å². The molecule has 0 spiro atoms. The first-order valence-corrected chi connectivity index (χ1v) is 7.52. The number of hydrogen-bond donors (Lipinski definition) is 2. The number of carbonyl (C=O) groups is 2. The van der Waals surface area contributed by atoms with Gasteiger partial charge in [0.2, 0.25) is 0 Å². The van der Waals surface area contributed by atoms with Crippen LogP contribution in [-0.4, -0.2) is 23.0 Å². The molecule has 1 aliphatic carbocycles. The van der Waals surface area contributed by atoms with E-state index in [0.29, 0.717) is 17.7 Å². The molecule has 2 rings (SSSR count). The van der Waals surface area contributed by atoms with Crippen LogP contribution in [-0.2, 0) is 4.79 Å². The SMILES string of the molecule is O=C(NC1CCCC(C(=O)O)C1)c1sccc1Br. The number of nitrogens with one attached hydrogen (secondary N) is 1. The molecule has 0 radical (unpaired) electrons. The highest BCUT2D eigenvalue weighted by Crippen LogP contribution is 2.26. The van der Waals surface area contributed by atoms with Gasteiger partial charge in [0.15, 0.2) is 0 Å². The van der Waals surface area contributed by atoms with E-state index in [1.165, 1.54) is 11.3 Å². The lowest BCUT2D eigenvalue weighted by molar-refractivity contribution is -0.143. The number of carbonyl (C=O) groups excluding carboxylic acids is 1. The van der Waals surface area contributed by atoms with Gasteiger partial charge in [-0.2, -0.15) is 0 Å². The van der Waals surface area contributed by atoms with Crippen LogP contribution < -0.4 is 5.32 Å². The topological polar surface area (TPSA) is 66.4 Å². The van der Waals surface area contributed by atoms with Gasteiger partial charge in [-0.15, -0.1) is 11.3 Å². The second-order valence-electron chi connectivity index (χ2n) is 4.47. The molecule has 0 aliphatic heterocycles. The zero-order valence-corrected chi connectivity index (χ0v) is 12.1. The van der Waals surface area contributed by atoms with Crippen LogP contribution in [0, 0.1) is 5.92 Å². The van der Waals surface area contributed by atoms with Crippen LogP contribution in [0.5, 0.6) is 0 Å². The highest BCUT2D eigenvalue weighted by atomic mass is 79.9. The Kier molecular flexibility index (Phi) is 4.40. The Morgan fingerprint density at radius 2 is 2.22 bits per heavy atom. The number of thiophene rings is 1. The fourth-order valence-electron chi connectivity index (χ4n) is 2.25. The van der Waals surface area contributed by atoms with Crippen molar-refractivity contribution < 1.29 is 14.7 Å². The van der Waals surface area contributed by atoms with E-state index < -0.39 is 5.97 Å². The van der Waals surface area contributed by atoms with Crippen molar-refractivity contribution in [2.24, 2.45) is 5.92 Å².